The Labute approximate surface area is 112 Å². The van der Waals surface area contributed by atoms with Gasteiger partial charge in [0.2, 0.25) is 0 Å². The molecular weight excluding hydrogens is 267 g/mol. The van der Waals surface area contributed by atoms with Crippen LogP contribution in [0.4, 0.5) is 10.1 Å². The zero-order valence-electron chi connectivity index (χ0n) is 10.1. The van der Waals surface area contributed by atoms with Crippen molar-refractivity contribution >= 4 is 11.7 Å². The van der Waals surface area contributed by atoms with E-state index >= 15 is 0 Å². The molecule has 2 rings (SSSR count). The molecule has 1 unspecified atom stereocenters. The summed E-state index contributed by atoms with van der Waals surface area (Å²) in [5.74, 6) is -3.26. The fourth-order valence-corrected chi connectivity index (χ4v) is 1.80. The van der Waals surface area contributed by atoms with E-state index in [2.05, 4.69) is 4.98 Å². The van der Waals surface area contributed by atoms with E-state index in [9.17, 15) is 24.4 Å². The summed E-state index contributed by atoms with van der Waals surface area (Å²) in [4.78, 5) is 25.0. The second kappa shape index (κ2) is 5.43. The molecule has 0 fully saturated rings. The predicted molar refractivity (Wildman–Crippen MR) is 66.8 cm³/mol. The van der Waals surface area contributed by atoms with E-state index in [0.717, 1.165) is 18.3 Å². The summed E-state index contributed by atoms with van der Waals surface area (Å²) in [7, 11) is 0. The van der Waals surface area contributed by atoms with E-state index in [-0.39, 0.29) is 16.9 Å². The van der Waals surface area contributed by atoms with Crippen molar-refractivity contribution in [2.75, 3.05) is 0 Å². The quantitative estimate of drug-likeness (QED) is 0.683. The molecule has 1 aromatic carbocycles. The zero-order chi connectivity index (χ0) is 14.7. The number of hydrogen-bond donors (Lipinski definition) is 1. The Balaban J connectivity index is 2.47. The smallest absolute Gasteiger partial charge is 0.317 e. The fraction of sp³-hybridized carbons (Fsp3) is 0.0769. The van der Waals surface area contributed by atoms with Gasteiger partial charge >= 0.3 is 5.97 Å². The highest BCUT2D eigenvalue weighted by Gasteiger charge is 2.26. The number of nitrogens with zero attached hydrogens (tertiary/aromatic N) is 2. The van der Waals surface area contributed by atoms with Crippen LogP contribution in [0, 0.1) is 15.9 Å². The molecule has 2 aromatic rings. The first-order valence-electron chi connectivity index (χ1n) is 5.58. The van der Waals surface area contributed by atoms with Crippen LogP contribution in [0.15, 0.2) is 42.6 Å². The Bertz CT molecular complexity index is 658. The van der Waals surface area contributed by atoms with E-state index in [0.29, 0.717) is 0 Å². The van der Waals surface area contributed by atoms with Gasteiger partial charge in [-0.25, -0.2) is 4.39 Å². The highest BCUT2D eigenvalue weighted by atomic mass is 19.1. The molecule has 0 aliphatic carbocycles. The summed E-state index contributed by atoms with van der Waals surface area (Å²) in [6, 6.07) is 7.80. The van der Waals surface area contributed by atoms with Crippen molar-refractivity contribution in [3.63, 3.8) is 0 Å². The number of nitro groups is 1. The molecule has 0 saturated carbocycles. The van der Waals surface area contributed by atoms with Crippen LogP contribution in [0.5, 0.6) is 0 Å². The molecule has 0 saturated heterocycles. The van der Waals surface area contributed by atoms with E-state index in [1.807, 2.05) is 0 Å². The third-order valence-corrected chi connectivity index (χ3v) is 2.74. The fourth-order valence-electron chi connectivity index (χ4n) is 1.80. The maximum Gasteiger partial charge on any atom is 0.317 e. The van der Waals surface area contributed by atoms with Gasteiger partial charge in [0.15, 0.2) is 0 Å². The summed E-state index contributed by atoms with van der Waals surface area (Å²) in [5.41, 5.74) is -0.263. The number of aliphatic carboxylic acids is 1. The van der Waals surface area contributed by atoms with Gasteiger partial charge in [0.25, 0.3) is 5.69 Å². The third kappa shape index (κ3) is 2.61. The Kier molecular flexibility index (Phi) is 3.69. The number of pyridine rings is 1. The maximum atomic E-state index is 13.7. The van der Waals surface area contributed by atoms with Crippen LogP contribution >= 0.6 is 0 Å². The molecule has 102 valence electrons. The lowest BCUT2D eigenvalue weighted by atomic mass is 9.95. The van der Waals surface area contributed by atoms with E-state index < -0.39 is 22.6 Å². The highest BCUT2D eigenvalue weighted by Crippen LogP contribution is 2.26. The van der Waals surface area contributed by atoms with Crippen LogP contribution in [-0.2, 0) is 4.79 Å². The number of carboxylic acid groups (broad SMARTS) is 1. The van der Waals surface area contributed by atoms with Gasteiger partial charge < -0.3 is 5.11 Å². The molecule has 1 N–H and O–H groups in total. The van der Waals surface area contributed by atoms with Crippen molar-refractivity contribution in [3.8, 4) is 0 Å². The standard InChI is InChI=1S/C13H9FN2O4/c14-10-4-2-1-3-9(10)12(13(17)18)11-6-5-8(7-15-11)16(19)20/h1-7,12H,(H,17,18). The van der Waals surface area contributed by atoms with E-state index in [1.165, 1.54) is 24.3 Å². The van der Waals surface area contributed by atoms with Crippen molar-refractivity contribution < 1.29 is 19.2 Å². The average molecular weight is 276 g/mol. The third-order valence-electron chi connectivity index (χ3n) is 2.74. The highest BCUT2D eigenvalue weighted by molar-refractivity contribution is 5.79. The number of rotatable bonds is 4. The molecule has 0 aliphatic rings. The molecule has 0 radical (unpaired) electrons. The molecule has 20 heavy (non-hydrogen) atoms. The monoisotopic (exact) mass is 276 g/mol. The van der Waals surface area contributed by atoms with Crippen LogP contribution < -0.4 is 0 Å². The lowest BCUT2D eigenvalue weighted by molar-refractivity contribution is -0.385. The number of carbonyl (C=O) groups is 1. The van der Waals surface area contributed by atoms with Gasteiger partial charge in [-0.15, -0.1) is 0 Å². The van der Waals surface area contributed by atoms with Gasteiger partial charge in [-0.3, -0.25) is 19.9 Å². The van der Waals surface area contributed by atoms with Gasteiger partial charge in [-0.05, 0) is 12.1 Å². The van der Waals surface area contributed by atoms with Gasteiger partial charge in [0.1, 0.15) is 17.9 Å². The Morgan fingerprint density at radius 2 is 2.00 bits per heavy atom. The lowest BCUT2D eigenvalue weighted by Gasteiger charge is -2.12. The van der Waals surface area contributed by atoms with Crippen molar-refractivity contribution in [2.45, 2.75) is 5.92 Å². The molecule has 0 bridgehead atoms. The second-order valence-corrected chi connectivity index (χ2v) is 3.99. The second-order valence-electron chi connectivity index (χ2n) is 3.99. The molecule has 7 heteroatoms. The molecule has 1 atom stereocenters. The predicted octanol–water partition coefficient (Wildman–Crippen LogP) is 2.35. The van der Waals surface area contributed by atoms with Crippen molar-refractivity contribution in [2.24, 2.45) is 0 Å². The Morgan fingerprint density at radius 3 is 2.50 bits per heavy atom. The first-order chi connectivity index (χ1) is 9.50. The van der Waals surface area contributed by atoms with Gasteiger partial charge in [0.05, 0.1) is 10.6 Å². The van der Waals surface area contributed by atoms with Crippen LogP contribution in [0.25, 0.3) is 0 Å². The van der Waals surface area contributed by atoms with Crippen LogP contribution in [0.3, 0.4) is 0 Å². The minimum Gasteiger partial charge on any atom is -0.480 e. The minimum atomic E-state index is -1.31. The minimum absolute atomic E-state index is 0.0354. The molecule has 0 amide bonds. The summed E-state index contributed by atoms with van der Waals surface area (Å²) in [5, 5.41) is 19.8. The van der Waals surface area contributed by atoms with Crippen LogP contribution in [0.2, 0.25) is 0 Å². The molecule has 0 spiro atoms. The topological polar surface area (TPSA) is 93.3 Å². The number of halogens is 1. The molecule has 0 aliphatic heterocycles. The molecule has 1 aromatic heterocycles. The zero-order valence-corrected chi connectivity index (χ0v) is 10.1. The summed E-state index contributed by atoms with van der Waals surface area (Å²) >= 11 is 0. The van der Waals surface area contributed by atoms with Gasteiger partial charge in [0, 0.05) is 11.6 Å². The summed E-state index contributed by atoms with van der Waals surface area (Å²) < 4.78 is 13.7. The van der Waals surface area contributed by atoms with Gasteiger partial charge in [-0.1, -0.05) is 18.2 Å². The maximum absolute atomic E-state index is 13.7. The number of benzene rings is 1. The number of carboxylic acids is 1. The largest absolute Gasteiger partial charge is 0.480 e. The first kappa shape index (κ1) is 13.6. The number of aromatic nitrogens is 1. The SMILES string of the molecule is O=C(O)C(c1ccc([N+](=O)[O-])cn1)c1ccccc1F. The Hall–Kier alpha value is -2.83. The van der Waals surface area contributed by atoms with Crippen molar-refractivity contribution in [1.82, 2.24) is 4.98 Å². The lowest BCUT2D eigenvalue weighted by Crippen LogP contribution is -2.16. The van der Waals surface area contributed by atoms with Crippen LogP contribution in [0.1, 0.15) is 17.2 Å². The van der Waals surface area contributed by atoms with E-state index in [4.69, 9.17) is 0 Å². The van der Waals surface area contributed by atoms with Gasteiger partial charge in [-0.2, -0.15) is 0 Å². The number of hydrogen-bond acceptors (Lipinski definition) is 4. The first-order valence-corrected chi connectivity index (χ1v) is 5.58. The molecule has 6 nitrogen and oxygen atoms in total. The normalized spacial score (nSPS) is 11.8. The van der Waals surface area contributed by atoms with Crippen molar-refractivity contribution in [3.05, 3.63) is 69.8 Å². The molecular formula is C13H9FN2O4. The average Bonchev–Trinajstić information content (AvgIpc) is 2.41. The van der Waals surface area contributed by atoms with Crippen LogP contribution in [-0.4, -0.2) is 21.0 Å². The summed E-state index contributed by atoms with van der Waals surface area (Å²) in [6.07, 6.45) is 0.951. The summed E-state index contributed by atoms with van der Waals surface area (Å²) in [6.45, 7) is 0. The van der Waals surface area contributed by atoms with Crippen molar-refractivity contribution in [1.29, 1.82) is 0 Å². The van der Waals surface area contributed by atoms with E-state index in [1.54, 1.807) is 0 Å². The molecule has 1 heterocycles. The Morgan fingerprint density at radius 1 is 1.30 bits per heavy atom.